The Hall–Kier alpha value is -3.34. The molecule has 7 nitrogen and oxygen atoms in total. The van der Waals surface area contributed by atoms with Crippen molar-refractivity contribution < 1.29 is 32.3 Å². The highest BCUT2D eigenvalue weighted by Crippen LogP contribution is 2.34. The molecule has 1 N–H and O–H groups in total. The Morgan fingerprint density at radius 1 is 1.17 bits per heavy atom. The third kappa shape index (κ3) is 7.09. The summed E-state index contributed by atoms with van der Waals surface area (Å²) in [6, 6.07) is 10.6. The number of benzene rings is 2. The second-order valence-electron chi connectivity index (χ2n) is 7.94. The number of anilines is 1. The predicted octanol–water partition coefficient (Wildman–Crippen LogP) is 5.64. The van der Waals surface area contributed by atoms with Gasteiger partial charge in [0, 0.05) is 18.7 Å². The topological polar surface area (TPSA) is 88.1 Å². The van der Waals surface area contributed by atoms with Gasteiger partial charge in [-0.05, 0) is 55.8 Å². The minimum absolute atomic E-state index is 0.0391. The number of esters is 1. The van der Waals surface area contributed by atoms with E-state index in [1.165, 1.54) is 29.2 Å². The van der Waals surface area contributed by atoms with Gasteiger partial charge in [0.1, 0.15) is 5.25 Å². The van der Waals surface area contributed by atoms with Gasteiger partial charge in [0.15, 0.2) is 5.17 Å². The van der Waals surface area contributed by atoms with E-state index in [0.717, 1.165) is 30.3 Å². The van der Waals surface area contributed by atoms with E-state index in [1.54, 1.807) is 19.1 Å². The number of amidine groups is 1. The maximum absolute atomic E-state index is 13.1. The smallest absolute Gasteiger partial charge is 0.416 e. The maximum atomic E-state index is 13.1. The van der Waals surface area contributed by atoms with Crippen LogP contribution >= 0.6 is 11.8 Å². The van der Waals surface area contributed by atoms with Crippen molar-refractivity contribution >= 4 is 46.1 Å². The van der Waals surface area contributed by atoms with Crippen molar-refractivity contribution in [2.45, 2.75) is 44.5 Å². The third-order valence-electron chi connectivity index (χ3n) is 5.23. The molecule has 3 rings (SSSR count). The fourth-order valence-corrected chi connectivity index (χ4v) is 4.49. The Morgan fingerprint density at radius 3 is 2.53 bits per heavy atom. The van der Waals surface area contributed by atoms with Crippen LogP contribution in [0.3, 0.4) is 0 Å². The fourth-order valence-electron chi connectivity index (χ4n) is 3.37. The van der Waals surface area contributed by atoms with Crippen molar-refractivity contribution in [3.8, 4) is 0 Å². The number of amides is 2. The van der Waals surface area contributed by atoms with E-state index in [9.17, 15) is 27.6 Å². The summed E-state index contributed by atoms with van der Waals surface area (Å²) < 4.78 is 44.3. The molecule has 1 saturated heterocycles. The minimum Gasteiger partial charge on any atom is -0.462 e. The standard InChI is InChI=1S/C25H26F3N3O4S/c1-3-5-13-31-21(32)15-20(22(33)29-18-11-9-16(10-12-18)23(34)35-4-2)36-24(31)30-19-8-6-7-17(14-19)25(26,27)28/h6-12,14,20H,3-5,13,15H2,1-2H3,(H,29,33)/t20-/m1/s1. The van der Waals surface area contributed by atoms with Crippen LogP contribution in [-0.2, 0) is 20.5 Å². The lowest BCUT2D eigenvalue weighted by atomic mass is 10.2. The molecule has 0 saturated carbocycles. The van der Waals surface area contributed by atoms with Gasteiger partial charge in [-0.1, -0.05) is 31.2 Å². The Bertz CT molecular complexity index is 1140. The molecule has 36 heavy (non-hydrogen) atoms. The van der Waals surface area contributed by atoms with Crippen LogP contribution in [0.5, 0.6) is 0 Å². The van der Waals surface area contributed by atoms with Crippen LogP contribution in [0.2, 0.25) is 0 Å². The molecular formula is C25H26F3N3O4S. The molecule has 11 heteroatoms. The maximum Gasteiger partial charge on any atom is 0.416 e. The second kappa shape index (κ2) is 12.1. The molecule has 0 spiro atoms. The van der Waals surface area contributed by atoms with E-state index < -0.39 is 28.9 Å². The normalized spacial score (nSPS) is 17.2. The SMILES string of the molecule is CCCCN1C(=O)C[C@H](C(=O)Nc2ccc(C(=O)OCC)cc2)SC1=Nc1cccc(C(F)(F)F)c1. The van der Waals surface area contributed by atoms with Gasteiger partial charge >= 0.3 is 12.1 Å². The number of alkyl halides is 3. The Balaban J connectivity index is 1.80. The summed E-state index contributed by atoms with van der Waals surface area (Å²) in [6.45, 7) is 4.24. The van der Waals surface area contributed by atoms with Gasteiger partial charge in [-0.2, -0.15) is 13.2 Å². The number of carbonyl (C=O) groups is 3. The van der Waals surface area contributed by atoms with E-state index in [-0.39, 0.29) is 29.8 Å². The highest BCUT2D eigenvalue weighted by Gasteiger charge is 2.36. The van der Waals surface area contributed by atoms with Gasteiger partial charge in [0.2, 0.25) is 11.8 Å². The molecule has 1 aliphatic heterocycles. The molecule has 192 valence electrons. The first-order valence-electron chi connectivity index (χ1n) is 11.4. The van der Waals surface area contributed by atoms with Crippen molar-refractivity contribution in [3.63, 3.8) is 0 Å². The summed E-state index contributed by atoms with van der Waals surface area (Å²) >= 11 is 1.03. The molecule has 0 radical (unpaired) electrons. The van der Waals surface area contributed by atoms with E-state index in [2.05, 4.69) is 10.3 Å². The van der Waals surface area contributed by atoms with Gasteiger partial charge < -0.3 is 10.1 Å². The molecule has 1 fully saturated rings. The highest BCUT2D eigenvalue weighted by atomic mass is 32.2. The molecular weight excluding hydrogens is 495 g/mol. The number of carbonyl (C=O) groups excluding carboxylic acids is 3. The number of nitrogens with zero attached hydrogens (tertiary/aromatic N) is 2. The molecule has 2 aromatic carbocycles. The molecule has 0 unspecified atom stereocenters. The summed E-state index contributed by atoms with van der Waals surface area (Å²) in [7, 11) is 0. The molecule has 1 heterocycles. The van der Waals surface area contributed by atoms with Crippen LogP contribution in [0.1, 0.15) is 49.0 Å². The summed E-state index contributed by atoms with van der Waals surface area (Å²) in [5.74, 6) is -1.26. The number of halogens is 3. The van der Waals surface area contributed by atoms with Crippen LogP contribution < -0.4 is 5.32 Å². The number of hydrogen-bond acceptors (Lipinski definition) is 6. The van der Waals surface area contributed by atoms with E-state index in [0.29, 0.717) is 24.2 Å². The Morgan fingerprint density at radius 2 is 1.89 bits per heavy atom. The first-order valence-corrected chi connectivity index (χ1v) is 12.3. The second-order valence-corrected chi connectivity index (χ2v) is 9.11. The number of hydrogen-bond donors (Lipinski definition) is 1. The third-order valence-corrected chi connectivity index (χ3v) is 6.42. The lowest BCUT2D eigenvalue weighted by Gasteiger charge is -2.31. The molecule has 2 amide bonds. The van der Waals surface area contributed by atoms with E-state index in [1.807, 2.05) is 6.92 Å². The molecule has 0 aliphatic carbocycles. The van der Waals surface area contributed by atoms with Crippen LogP contribution in [0, 0.1) is 0 Å². The molecule has 1 atom stereocenters. The largest absolute Gasteiger partial charge is 0.462 e. The zero-order chi connectivity index (χ0) is 26.3. The number of rotatable bonds is 8. The summed E-state index contributed by atoms with van der Waals surface area (Å²) in [4.78, 5) is 43.4. The molecule has 0 bridgehead atoms. The number of aliphatic imine (C=N–C) groups is 1. The van der Waals surface area contributed by atoms with Crippen molar-refractivity contribution in [2.24, 2.45) is 4.99 Å². The first-order chi connectivity index (χ1) is 17.1. The Kier molecular flexibility index (Phi) is 9.14. The van der Waals surface area contributed by atoms with Crippen molar-refractivity contribution in [1.82, 2.24) is 4.90 Å². The number of thioether (sulfide) groups is 1. The fraction of sp³-hybridized carbons (Fsp3) is 0.360. The minimum atomic E-state index is -4.53. The van der Waals surface area contributed by atoms with Crippen molar-refractivity contribution in [3.05, 3.63) is 59.7 Å². The summed E-state index contributed by atoms with van der Waals surface area (Å²) in [5.41, 5.74) is -0.0561. The van der Waals surface area contributed by atoms with Gasteiger partial charge in [-0.15, -0.1) is 0 Å². The zero-order valence-corrected chi connectivity index (χ0v) is 20.6. The first kappa shape index (κ1) is 27.3. The highest BCUT2D eigenvalue weighted by molar-refractivity contribution is 8.15. The average molecular weight is 522 g/mol. The van der Waals surface area contributed by atoms with Crippen LogP contribution in [0.4, 0.5) is 24.5 Å². The molecule has 0 aromatic heterocycles. The predicted molar refractivity (Wildman–Crippen MR) is 132 cm³/mol. The van der Waals surface area contributed by atoms with Gasteiger partial charge in [0.25, 0.3) is 0 Å². The summed E-state index contributed by atoms with van der Waals surface area (Å²) in [6.07, 6.45) is -3.13. The average Bonchev–Trinajstić information content (AvgIpc) is 2.83. The number of nitrogens with one attached hydrogen (secondary N) is 1. The van der Waals surface area contributed by atoms with Crippen molar-refractivity contribution in [2.75, 3.05) is 18.5 Å². The number of unbranched alkanes of at least 4 members (excludes halogenated alkanes) is 1. The van der Waals surface area contributed by atoms with Crippen molar-refractivity contribution in [1.29, 1.82) is 0 Å². The lowest BCUT2D eigenvalue weighted by molar-refractivity contribution is -0.137. The van der Waals surface area contributed by atoms with Crippen LogP contribution in [0.15, 0.2) is 53.5 Å². The molecule has 1 aliphatic rings. The summed E-state index contributed by atoms with van der Waals surface area (Å²) in [5, 5.41) is 2.06. The van der Waals surface area contributed by atoms with E-state index >= 15 is 0 Å². The van der Waals surface area contributed by atoms with Gasteiger partial charge in [-0.25, -0.2) is 9.79 Å². The quantitative estimate of drug-likeness (QED) is 0.454. The Labute approximate surface area is 211 Å². The number of ether oxygens (including phenoxy) is 1. The lowest BCUT2D eigenvalue weighted by Crippen LogP contribution is -2.45. The monoisotopic (exact) mass is 521 g/mol. The molecule has 2 aromatic rings. The van der Waals surface area contributed by atoms with Gasteiger partial charge in [-0.3, -0.25) is 14.5 Å². The van der Waals surface area contributed by atoms with Crippen LogP contribution in [-0.4, -0.2) is 46.3 Å². The van der Waals surface area contributed by atoms with Gasteiger partial charge in [0.05, 0.1) is 23.4 Å². The zero-order valence-electron chi connectivity index (χ0n) is 19.8. The van der Waals surface area contributed by atoms with E-state index in [4.69, 9.17) is 4.74 Å². The van der Waals surface area contributed by atoms with Crippen LogP contribution in [0.25, 0.3) is 0 Å².